The Balaban J connectivity index is 2.50. The molecule has 1 amide bonds. The molecule has 0 saturated heterocycles. The molecule has 1 rings (SSSR count). The standard InChI is InChI=1S/C11H15BrN2O2/c1-8(7-16-2)6-14-11(15)10-9(12)4-3-5-13-10/h3-5,8H,6-7H2,1-2H3,(H,14,15). The second kappa shape index (κ2) is 6.60. The molecule has 1 heterocycles. The summed E-state index contributed by atoms with van der Waals surface area (Å²) >= 11 is 3.29. The van der Waals surface area contributed by atoms with Crippen LogP contribution in [-0.4, -0.2) is 31.2 Å². The maximum absolute atomic E-state index is 11.7. The van der Waals surface area contributed by atoms with Crippen LogP contribution >= 0.6 is 15.9 Å². The van der Waals surface area contributed by atoms with Crippen molar-refractivity contribution in [1.29, 1.82) is 0 Å². The first-order valence-electron chi connectivity index (χ1n) is 5.02. The molecule has 0 aliphatic carbocycles. The Kier molecular flexibility index (Phi) is 5.42. The molecular weight excluding hydrogens is 272 g/mol. The summed E-state index contributed by atoms with van der Waals surface area (Å²) in [5, 5.41) is 2.81. The van der Waals surface area contributed by atoms with E-state index in [9.17, 15) is 4.79 Å². The average Bonchev–Trinajstić information content (AvgIpc) is 2.27. The van der Waals surface area contributed by atoms with E-state index < -0.39 is 0 Å². The quantitative estimate of drug-likeness (QED) is 0.899. The lowest BCUT2D eigenvalue weighted by Crippen LogP contribution is -2.30. The molecule has 0 fully saturated rings. The molecule has 4 nitrogen and oxygen atoms in total. The summed E-state index contributed by atoms with van der Waals surface area (Å²) in [5.41, 5.74) is 0.409. The minimum atomic E-state index is -0.171. The van der Waals surface area contributed by atoms with E-state index in [1.54, 1.807) is 25.4 Å². The summed E-state index contributed by atoms with van der Waals surface area (Å²) in [7, 11) is 1.65. The van der Waals surface area contributed by atoms with Gasteiger partial charge in [-0.25, -0.2) is 4.98 Å². The van der Waals surface area contributed by atoms with Crippen LogP contribution in [-0.2, 0) is 4.74 Å². The number of nitrogens with one attached hydrogen (secondary N) is 1. The Bertz CT molecular complexity index is 358. The molecule has 1 aromatic rings. The molecule has 1 unspecified atom stereocenters. The van der Waals surface area contributed by atoms with Crippen molar-refractivity contribution in [1.82, 2.24) is 10.3 Å². The molecule has 0 radical (unpaired) electrons. The fourth-order valence-electron chi connectivity index (χ4n) is 1.25. The summed E-state index contributed by atoms with van der Waals surface area (Å²) in [5.74, 6) is 0.117. The summed E-state index contributed by atoms with van der Waals surface area (Å²) < 4.78 is 5.69. The third-order valence-corrected chi connectivity index (χ3v) is 2.68. The number of hydrogen-bond donors (Lipinski definition) is 1. The van der Waals surface area contributed by atoms with Crippen molar-refractivity contribution >= 4 is 21.8 Å². The molecule has 0 spiro atoms. The van der Waals surface area contributed by atoms with Gasteiger partial charge < -0.3 is 10.1 Å². The zero-order valence-electron chi connectivity index (χ0n) is 9.37. The second-order valence-corrected chi connectivity index (χ2v) is 4.46. The van der Waals surface area contributed by atoms with Gasteiger partial charge in [0.1, 0.15) is 5.69 Å². The highest BCUT2D eigenvalue weighted by atomic mass is 79.9. The number of ether oxygens (including phenoxy) is 1. The fraction of sp³-hybridized carbons (Fsp3) is 0.455. The molecule has 0 aliphatic heterocycles. The number of halogens is 1. The lowest BCUT2D eigenvalue weighted by atomic mass is 10.2. The van der Waals surface area contributed by atoms with Crippen molar-refractivity contribution in [3.05, 3.63) is 28.5 Å². The molecule has 5 heteroatoms. The van der Waals surface area contributed by atoms with Crippen LogP contribution in [0, 0.1) is 5.92 Å². The van der Waals surface area contributed by atoms with E-state index in [1.165, 1.54) is 0 Å². The Labute approximate surface area is 104 Å². The Morgan fingerprint density at radius 1 is 1.69 bits per heavy atom. The monoisotopic (exact) mass is 286 g/mol. The van der Waals surface area contributed by atoms with Gasteiger partial charge >= 0.3 is 0 Å². The fourth-order valence-corrected chi connectivity index (χ4v) is 1.68. The molecule has 0 aliphatic rings. The molecule has 16 heavy (non-hydrogen) atoms. The smallest absolute Gasteiger partial charge is 0.271 e. The molecular formula is C11H15BrN2O2. The summed E-state index contributed by atoms with van der Waals surface area (Å²) in [6, 6.07) is 3.56. The first-order valence-corrected chi connectivity index (χ1v) is 5.82. The normalized spacial score (nSPS) is 12.2. The topological polar surface area (TPSA) is 51.2 Å². The highest BCUT2D eigenvalue weighted by Gasteiger charge is 2.11. The van der Waals surface area contributed by atoms with Crippen molar-refractivity contribution in [2.75, 3.05) is 20.3 Å². The number of aromatic nitrogens is 1. The van der Waals surface area contributed by atoms with E-state index in [-0.39, 0.29) is 11.8 Å². The van der Waals surface area contributed by atoms with E-state index in [0.717, 1.165) is 0 Å². The molecule has 0 saturated carbocycles. The van der Waals surface area contributed by atoms with Crippen LogP contribution in [0.1, 0.15) is 17.4 Å². The summed E-state index contributed by atoms with van der Waals surface area (Å²) in [6.07, 6.45) is 1.60. The predicted octanol–water partition coefficient (Wildman–Crippen LogP) is 1.86. The van der Waals surface area contributed by atoms with Gasteiger partial charge in [-0.05, 0) is 34.0 Å². The van der Waals surface area contributed by atoms with Gasteiger partial charge in [0.2, 0.25) is 0 Å². The predicted molar refractivity (Wildman–Crippen MR) is 65.3 cm³/mol. The highest BCUT2D eigenvalue weighted by Crippen LogP contribution is 2.12. The van der Waals surface area contributed by atoms with Crippen LogP contribution < -0.4 is 5.32 Å². The Morgan fingerprint density at radius 2 is 2.44 bits per heavy atom. The minimum Gasteiger partial charge on any atom is -0.384 e. The van der Waals surface area contributed by atoms with Gasteiger partial charge in [0.25, 0.3) is 5.91 Å². The number of carbonyl (C=O) groups is 1. The van der Waals surface area contributed by atoms with E-state index in [2.05, 4.69) is 26.2 Å². The van der Waals surface area contributed by atoms with E-state index in [0.29, 0.717) is 23.3 Å². The van der Waals surface area contributed by atoms with Gasteiger partial charge in [-0.1, -0.05) is 6.92 Å². The Hall–Kier alpha value is -0.940. The maximum Gasteiger partial charge on any atom is 0.271 e. The number of nitrogens with zero attached hydrogens (tertiary/aromatic N) is 1. The number of hydrogen-bond acceptors (Lipinski definition) is 3. The molecule has 1 N–H and O–H groups in total. The van der Waals surface area contributed by atoms with Gasteiger partial charge in [0, 0.05) is 24.3 Å². The third kappa shape index (κ3) is 3.90. The number of pyridine rings is 1. The van der Waals surface area contributed by atoms with Gasteiger partial charge in [0.15, 0.2) is 0 Å². The molecule has 88 valence electrons. The van der Waals surface area contributed by atoms with Crippen LogP contribution in [0.15, 0.2) is 22.8 Å². The molecule has 1 aromatic heterocycles. The van der Waals surface area contributed by atoms with Crippen molar-refractivity contribution in [2.24, 2.45) is 5.92 Å². The Morgan fingerprint density at radius 3 is 3.06 bits per heavy atom. The number of methoxy groups -OCH3 is 1. The maximum atomic E-state index is 11.7. The van der Waals surface area contributed by atoms with Gasteiger partial charge in [-0.2, -0.15) is 0 Å². The van der Waals surface area contributed by atoms with Crippen LogP contribution in [0.2, 0.25) is 0 Å². The lowest BCUT2D eigenvalue weighted by molar-refractivity contribution is 0.0928. The molecule has 0 aromatic carbocycles. The zero-order chi connectivity index (χ0) is 12.0. The average molecular weight is 287 g/mol. The van der Waals surface area contributed by atoms with E-state index in [1.807, 2.05) is 6.92 Å². The minimum absolute atomic E-state index is 0.171. The van der Waals surface area contributed by atoms with Crippen LogP contribution in [0.5, 0.6) is 0 Å². The zero-order valence-corrected chi connectivity index (χ0v) is 11.0. The number of amides is 1. The van der Waals surface area contributed by atoms with Crippen molar-refractivity contribution in [2.45, 2.75) is 6.92 Å². The van der Waals surface area contributed by atoms with Crippen molar-refractivity contribution in [3.8, 4) is 0 Å². The summed E-state index contributed by atoms with van der Waals surface area (Å²) in [6.45, 7) is 3.22. The van der Waals surface area contributed by atoms with Crippen LogP contribution in [0.3, 0.4) is 0 Å². The third-order valence-electron chi connectivity index (χ3n) is 2.04. The highest BCUT2D eigenvalue weighted by molar-refractivity contribution is 9.10. The molecule has 0 bridgehead atoms. The number of carbonyl (C=O) groups excluding carboxylic acids is 1. The first kappa shape index (κ1) is 13.1. The van der Waals surface area contributed by atoms with E-state index >= 15 is 0 Å². The first-order chi connectivity index (χ1) is 7.65. The van der Waals surface area contributed by atoms with Gasteiger partial charge in [-0.3, -0.25) is 4.79 Å². The second-order valence-electron chi connectivity index (χ2n) is 3.60. The van der Waals surface area contributed by atoms with E-state index in [4.69, 9.17) is 4.74 Å². The molecule has 1 atom stereocenters. The number of rotatable bonds is 5. The lowest BCUT2D eigenvalue weighted by Gasteiger charge is -2.11. The van der Waals surface area contributed by atoms with Crippen LogP contribution in [0.4, 0.5) is 0 Å². The SMILES string of the molecule is COCC(C)CNC(=O)c1ncccc1Br. The van der Waals surface area contributed by atoms with Crippen molar-refractivity contribution in [3.63, 3.8) is 0 Å². The largest absolute Gasteiger partial charge is 0.384 e. The van der Waals surface area contributed by atoms with Crippen LogP contribution in [0.25, 0.3) is 0 Å². The van der Waals surface area contributed by atoms with Crippen molar-refractivity contribution < 1.29 is 9.53 Å². The van der Waals surface area contributed by atoms with Gasteiger partial charge in [0.05, 0.1) is 6.61 Å². The summed E-state index contributed by atoms with van der Waals surface area (Å²) in [4.78, 5) is 15.7. The van der Waals surface area contributed by atoms with Gasteiger partial charge in [-0.15, -0.1) is 0 Å².